The Kier molecular flexibility index (Phi) is 10.5. The molecule has 0 spiro atoms. The van der Waals surface area contributed by atoms with Crippen molar-refractivity contribution in [2.75, 3.05) is 0 Å². The zero-order valence-electron chi connectivity index (χ0n) is 17.8. The topological polar surface area (TPSA) is 72.5 Å². The summed E-state index contributed by atoms with van der Waals surface area (Å²) in [6, 6.07) is -0.790. The number of nitrogens with two attached hydrogens (primary N) is 1. The van der Waals surface area contributed by atoms with E-state index in [1.165, 1.54) is 0 Å². The van der Waals surface area contributed by atoms with Crippen molar-refractivity contribution in [3.8, 4) is 0 Å². The molecule has 4 nitrogen and oxygen atoms in total. The van der Waals surface area contributed by atoms with Crippen molar-refractivity contribution >= 4 is 83.0 Å². The minimum atomic E-state index is -0.903. The van der Waals surface area contributed by atoms with Crippen LogP contribution in [0.3, 0.4) is 0 Å². The second-order valence-corrected chi connectivity index (χ2v) is 14.2. The summed E-state index contributed by atoms with van der Waals surface area (Å²) in [6.45, 7) is 11.4. The first kappa shape index (κ1) is 27.1. The van der Waals surface area contributed by atoms with Crippen LogP contribution in [0.4, 0.5) is 0 Å². The number of hydrogen-bond acceptors (Lipinski definition) is 3. The standard InChI is InChI=1S/C21H35Br2I2NO3/c1-6-12-15(22)10(4)19(11(5)16(12)23)29-20-17(24)8(2)13(9(3)18(20)25)7-14(26)21(27)28/h8-20H,6-7,26H2,1-5H3,(H,27,28). The molecule has 2 aliphatic carbocycles. The first-order valence-electron chi connectivity index (χ1n) is 10.6. The second-order valence-electron chi connectivity index (χ2n) is 9.20. The number of aliphatic carboxylic acids is 1. The highest BCUT2D eigenvalue weighted by Gasteiger charge is 2.51. The van der Waals surface area contributed by atoms with Crippen LogP contribution in [-0.4, -0.2) is 46.8 Å². The molecule has 2 saturated carbocycles. The Morgan fingerprint density at radius 2 is 1.41 bits per heavy atom. The van der Waals surface area contributed by atoms with Crippen LogP contribution in [0.1, 0.15) is 47.5 Å². The molecular formula is C21H35Br2I2NO3. The Morgan fingerprint density at radius 3 is 1.79 bits per heavy atom. The second kappa shape index (κ2) is 11.3. The molecule has 0 radical (unpaired) electrons. The molecule has 2 rings (SSSR count). The molecule has 3 N–H and O–H groups in total. The lowest BCUT2D eigenvalue weighted by molar-refractivity contribution is -0.139. The third-order valence-corrected chi connectivity index (χ3v) is 14.2. The van der Waals surface area contributed by atoms with E-state index in [2.05, 4.69) is 112 Å². The van der Waals surface area contributed by atoms with Gasteiger partial charge in [-0.2, -0.15) is 0 Å². The third-order valence-electron chi connectivity index (χ3n) is 7.47. The Balaban J connectivity index is 2.18. The molecule has 0 aromatic heterocycles. The zero-order chi connectivity index (χ0) is 22.2. The van der Waals surface area contributed by atoms with Crippen molar-refractivity contribution in [2.45, 2.75) is 83.2 Å². The highest BCUT2D eigenvalue weighted by Crippen LogP contribution is 2.49. The molecule has 170 valence electrons. The molecule has 0 amide bonds. The molecule has 2 aliphatic rings. The Hall–Kier alpha value is 1.81. The van der Waals surface area contributed by atoms with Crippen LogP contribution >= 0.6 is 77.0 Å². The van der Waals surface area contributed by atoms with Gasteiger partial charge < -0.3 is 15.6 Å². The minimum absolute atomic E-state index is 0.158. The fourth-order valence-corrected chi connectivity index (χ4v) is 10.9. The summed E-state index contributed by atoms with van der Waals surface area (Å²) in [5.74, 6) is 1.62. The number of carbonyl (C=O) groups is 1. The first-order valence-corrected chi connectivity index (χ1v) is 15.0. The van der Waals surface area contributed by atoms with E-state index in [-0.39, 0.29) is 12.2 Å². The molecule has 8 heteroatoms. The van der Waals surface area contributed by atoms with Crippen LogP contribution in [-0.2, 0) is 9.53 Å². The van der Waals surface area contributed by atoms with Crippen molar-refractivity contribution in [1.29, 1.82) is 0 Å². The number of rotatable bonds is 6. The van der Waals surface area contributed by atoms with Gasteiger partial charge in [0.15, 0.2) is 0 Å². The number of carboxylic acids is 1. The normalized spacial score (nSPS) is 49.6. The maximum atomic E-state index is 11.3. The van der Waals surface area contributed by atoms with E-state index < -0.39 is 12.0 Å². The van der Waals surface area contributed by atoms with E-state index >= 15 is 0 Å². The van der Waals surface area contributed by atoms with Gasteiger partial charge in [-0.1, -0.05) is 118 Å². The van der Waals surface area contributed by atoms with Crippen LogP contribution in [0.15, 0.2) is 0 Å². The lowest BCUT2D eigenvalue weighted by Gasteiger charge is -2.51. The van der Waals surface area contributed by atoms with Crippen LogP contribution in [0.2, 0.25) is 0 Å². The smallest absolute Gasteiger partial charge is 0.320 e. The lowest BCUT2D eigenvalue weighted by Crippen LogP contribution is -2.57. The van der Waals surface area contributed by atoms with E-state index in [9.17, 15) is 9.90 Å². The van der Waals surface area contributed by atoms with E-state index in [1.54, 1.807) is 0 Å². The van der Waals surface area contributed by atoms with Crippen LogP contribution in [0.5, 0.6) is 0 Å². The molecular weight excluding hydrogens is 728 g/mol. The van der Waals surface area contributed by atoms with E-state index in [0.717, 1.165) is 6.42 Å². The fraction of sp³-hybridized carbons (Fsp3) is 0.952. The molecule has 0 saturated heterocycles. The van der Waals surface area contributed by atoms with E-state index in [4.69, 9.17) is 10.5 Å². The molecule has 0 aromatic carbocycles. The molecule has 0 aromatic rings. The van der Waals surface area contributed by atoms with Gasteiger partial charge in [-0.25, -0.2) is 0 Å². The van der Waals surface area contributed by atoms with Gasteiger partial charge in [0, 0.05) is 17.5 Å². The summed E-state index contributed by atoms with van der Waals surface area (Å²) in [7, 11) is 0. The van der Waals surface area contributed by atoms with Crippen LogP contribution < -0.4 is 5.73 Å². The summed E-state index contributed by atoms with van der Waals surface area (Å²) in [4.78, 5) is 12.2. The van der Waals surface area contributed by atoms with Crippen molar-refractivity contribution < 1.29 is 14.6 Å². The van der Waals surface area contributed by atoms with Gasteiger partial charge in [0.05, 0.1) is 12.2 Å². The van der Waals surface area contributed by atoms with Crippen molar-refractivity contribution in [3.05, 3.63) is 0 Å². The molecule has 29 heavy (non-hydrogen) atoms. The van der Waals surface area contributed by atoms with Crippen molar-refractivity contribution in [2.24, 2.45) is 41.2 Å². The molecule has 9 unspecified atom stereocenters. The van der Waals surface area contributed by atoms with Gasteiger partial charge >= 0.3 is 5.97 Å². The molecule has 9 atom stereocenters. The maximum Gasteiger partial charge on any atom is 0.320 e. The quantitative estimate of drug-likeness (QED) is 0.262. The summed E-state index contributed by atoms with van der Waals surface area (Å²) < 4.78 is 7.61. The van der Waals surface area contributed by atoms with Gasteiger partial charge in [0.2, 0.25) is 0 Å². The highest BCUT2D eigenvalue weighted by atomic mass is 127. The Bertz CT molecular complexity index is 540. The van der Waals surface area contributed by atoms with Crippen molar-refractivity contribution in [3.63, 3.8) is 0 Å². The largest absolute Gasteiger partial charge is 0.480 e. The molecule has 0 aliphatic heterocycles. The average molecular weight is 763 g/mol. The summed E-state index contributed by atoms with van der Waals surface area (Å²) in [5.41, 5.74) is 5.89. The predicted octanol–water partition coefficient (Wildman–Crippen LogP) is 5.89. The first-order chi connectivity index (χ1) is 13.4. The minimum Gasteiger partial charge on any atom is -0.480 e. The van der Waals surface area contributed by atoms with Crippen molar-refractivity contribution in [1.82, 2.24) is 0 Å². The number of ether oxygens (including phenoxy) is 1. The van der Waals surface area contributed by atoms with E-state index in [0.29, 0.717) is 59.4 Å². The SMILES string of the molecule is CCC1C(Br)C(C)C(OC2C(I)C(C)C(CC(N)C(=O)O)C(C)C2I)C(C)C1Br. The Labute approximate surface area is 220 Å². The predicted molar refractivity (Wildman–Crippen MR) is 144 cm³/mol. The van der Waals surface area contributed by atoms with Gasteiger partial charge in [-0.3, -0.25) is 4.79 Å². The molecule has 0 heterocycles. The summed E-state index contributed by atoms with van der Waals surface area (Å²) in [5, 5.41) is 9.27. The molecule has 0 bridgehead atoms. The summed E-state index contributed by atoms with van der Waals surface area (Å²) in [6.07, 6.45) is 2.04. The van der Waals surface area contributed by atoms with Gasteiger partial charge in [-0.05, 0) is 41.9 Å². The maximum absolute atomic E-state index is 11.3. The lowest BCUT2D eigenvalue weighted by atomic mass is 9.69. The average Bonchev–Trinajstić information content (AvgIpc) is 2.68. The number of alkyl halides is 4. The van der Waals surface area contributed by atoms with Crippen LogP contribution in [0.25, 0.3) is 0 Å². The van der Waals surface area contributed by atoms with Gasteiger partial charge in [-0.15, -0.1) is 0 Å². The van der Waals surface area contributed by atoms with E-state index in [1.807, 2.05) is 0 Å². The highest BCUT2D eigenvalue weighted by molar-refractivity contribution is 14.1. The number of halogens is 4. The monoisotopic (exact) mass is 761 g/mol. The van der Waals surface area contributed by atoms with Gasteiger partial charge in [0.1, 0.15) is 6.04 Å². The fourth-order valence-electron chi connectivity index (χ4n) is 5.37. The Morgan fingerprint density at radius 1 is 0.966 bits per heavy atom. The molecule has 2 fully saturated rings. The van der Waals surface area contributed by atoms with Crippen LogP contribution in [0, 0.1) is 35.5 Å². The number of carboxylic acid groups (broad SMARTS) is 1. The number of hydrogen-bond donors (Lipinski definition) is 2. The van der Waals surface area contributed by atoms with Gasteiger partial charge in [0.25, 0.3) is 0 Å². The summed E-state index contributed by atoms with van der Waals surface area (Å²) >= 11 is 13.0. The third kappa shape index (κ3) is 5.66. The zero-order valence-corrected chi connectivity index (χ0v) is 25.3.